The van der Waals surface area contributed by atoms with Gasteiger partial charge in [0.15, 0.2) is 0 Å². The third-order valence-corrected chi connectivity index (χ3v) is 3.22. The van der Waals surface area contributed by atoms with Gasteiger partial charge in [0.2, 0.25) is 0 Å². The van der Waals surface area contributed by atoms with Crippen LogP contribution in [0.5, 0.6) is 0 Å². The van der Waals surface area contributed by atoms with E-state index in [4.69, 9.17) is 0 Å². The van der Waals surface area contributed by atoms with Crippen LogP contribution in [0.15, 0.2) is 24.3 Å². The second kappa shape index (κ2) is 5.76. The van der Waals surface area contributed by atoms with Gasteiger partial charge in [0.05, 0.1) is 4.92 Å². The third kappa shape index (κ3) is 3.26. The van der Waals surface area contributed by atoms with Crippen molar-refractivity contribution in [2.45, 2.75) is 12.2 Å². The normalized spacial score (nSPS) is 18.8. The predicted molar refractivity (Wildman–Crippen MR) is 66.3 cm³/mol. The molecule has 1 aliphatic heterocycles. The molecule has 0 amide bonds. The number of piperazine rings is 1. The first-order valence-corrected chi connectivity index (χ1v) is 6.15. The molecule has 0 aromatic heterocycles. The molecule has 110 valence electrons. The standard InChI is InChI=1S/C12H14F3N3O2/c13-12(14,15)11(17-6-4-16-5-7-17)9-2-1-3-10(8-9)18(19)20/h1-3,8,11,16H,4-7H2/t11-/m0/s1. The number of nitrogens with zero attached hydrogens (tertiary/aromatic N) is 2. The van der Waals surface area contributed by atoms with E-state index in [0.717, 1.165) is 6.07 Å². The molecule has 2 rings (SSSR count). The molecule has 1 heterocycles. The Morgan fingerprint density at radius 3 is 2.50 bits per heavy atom. The number of benzene rings is 1. The molecule has 1 aromatic rings. The maximum atomic E-state index is 13.3. The zero-order valence-corrected chi connectivity index (χ0v) is 10.6. The van der Waals surface area contributed by atoms with Gasteiger partial charge in [-0.25, -0.2) is 0 Å². The summed E-state index contributed by atoms with van der Waals surface area (Å²) in [6.45, 7) is 1.46. The van der Waals surface area contributed by atoms with E-state index in [-0.39, 0.29) is 24.3 Å². The number of nitrogens with one attached hydrogen (secondary N) is 1. The van der Waals surface area contributed by atoms with Gasteiger partial charge in [-0.3, -0.25) is 15.0 Å². The summed E-state index contributed by atoms with van der Waals surface area (Å²) in [5.41, 5.74) is -0.416. The Morgan fingerprint density at radius 1 is 1.30 bits per heavy atom. The van der Waals surface area contributed by atoms with Crippen molar-refractivity contribution >= 4 is 5.69 Å². The molecule has 1 N–H and O–H groups in total. The second-order valence-electron chi connectivity index (χ2n) is 4.58. The van der Waals surface area contributed by atoms with Gasteiger partial charge >= 0.3 is 6.18 Å². The maximum Gasteiger partial charge on any atom is 0.408 e. The van der Waals surface area contributed by atoms with Crippen molar-refractivity contribution in [2.24, 2.45) is 0 Å². The fraction of sp³-hybridized carbons (Fsp3) is 0.500. The van der Waals surface area contributed by atoms with Crippen molar-refractivity contribution in [2.75, 3.05) is 26.2 Å². The molecule has 0 bridgehead atoms. The van der Waals surface area contributed by atoms with Crippen molar-refractivity contribution in [3.63, 3.8) is 0 Å². The van der Waals surface area contributed by atoms with Crippen LogP contribution in [0, 0.1) is 10.1 Å². The van der Waals surface area contributed by atoms with Crippen LogP contribution in [-0.2, 0) is 0 Å². The van der Waals surface area contributed by atoms with Crippen LogP contribution in [0.4, 0.5) is 18.9 Å². The lowest BCUT2D eigenvalue weighted by Crippen LogP contribution is -2.49. The number of non-ortho nitro benzene ring substituents is 1. The van der Waals surface area contributed by atoms with E-state index >= 15 is 0 Å². The van der Waals surface area contributed by atoms with Crippen LogP contribution in [0.25, 0.3) is 0 Å². The van der Waals surface area contributed by atoms with E-state index in [1.807, 2.05) is 0 Å². The van der Waals surface area contributed by atoms with Crippen molar-refractivity contribution in [1.29, 1.82) is 0 Å². The van der Waals surface area contributed by atoms with E-state index in [9.17, 15) is 23.3 Å². The Kier molecular flexibility index (Phi) is 4.24. The molecule has 1 saturated heterocycles. The fourth-order valence-electron chi connectivity index (χ4n) is 2.36. The molecule has 0 radical (unpaired) electrons. The Balaban J connectivity index is 2.35. The zero-order valence-electron chi connectivity index (χ0n) is 10.6. The number of hydrogen-bond donors (Lipinski definition) is 1. The first-order chi connectivity index (χ1) is 9.39. The summed E-state index contributed by atoms with van der Waals surface area (Å²) < 4.78 is 39.9. The summed E-state index contributed by atoms with van der Waals surface area (Å²) in [5.74, 6) is 0. The van der Waals surface area contributed by atoms with Gasteiger partial charge in [-0.1, -0.05) is 12.1 Å². The van der Waals surface area contributed by atoms with E-state index in [1.165, 1.54) is 23.1 Å². The molecule has 5 nitrogen and oxygen atoms in total. The number of hydrogen-bond acceptors (Lipinski definition) is 4. The Bertz CT molecular complexity index is 487. The van der Waals surface area contributed by atoms with E-state index in [1.54, 1.807) is 0 Å². The van der Waals surface area contributed by atoms with Crippen LogP contribution in [-0.4, -0.2) is 42.2 Å². The average molecular weight is 289 g/mol. The molecule has 0 aliphatic carbocycles. The summed E-state index contributed by atoms with van der Waals surface area (Å²) in [4.78, 5) is 11.3. The molecule has 0 saturated carbocycles. The molecule has 8 heteroatoms. The van der Waals surface area contributed by atoms with Gasteiger partial charge in [0.25, 0.3) is 5.69 Å². The summed E-state index contributed by atoms with van der Waals surface area (Å²) in [6.07, 6.45) is -4.47. The fourth-order valence-corrected chi connectivity index (χ4v) is 2.36. The van der Waals surface area contributed by atoms with Crippen LogP contribution in [0.3, 0.4) is 0 Å². The molecule has 1 aromatic carbocycles. The summed E-state index contributed by atoms with van der Waals surface area (Å²) in [5, 5.41) is 13.7. The molecular weight excluding hydrogens is 275 g/mol. The van der Waals surface area contributed by atoms with E-state index in [0.29, 0.717) is 13.1 Å². The molecule has 20 heavy (non-hydrogen) atoms. The van der Waals surface area contributed by atoms with Gasteiger partial charge in [-0.2, -0.15) is 13.2 Å². The minimum atomic E-state index is -4.47. The van der Waals surface area contributed by atoms with Gasteiger partial charge in [0, 0.05) is 38.3 Å². The minimum Gasteiger partial charge on any atom is -0.314 e. The molecule has 0 spiro atoms. The highest BCUT2D eigenvalue weighted by Gasteiger charge is 2.45. The van der Waals surface area contributed by atoms with E-state index < -0.39 is 17.1 Å². The van der Waals surface area contributed by atoms with Crippen LogP contribution < -0.4 is 5.32 Å². The first-order valence-electron chi connectivity index (χ1n) is 6.15. The highest BCUT2D eigenvalue weighted by atomic mass is 19.4. The highest BCUT2D eigenvalue weighted by molar-refractivity contribution is 5.36. The van der Waals surface area contributed by atoms with Crippen molar-refractivity contribution in [3.05, 3.63) is 39.9 Å². The SMILES string of the molecule is O=[N+]([O-])c1cccc([C@H](N2CCNCC2)C(F)(F)F)c1. The molecule has 1 fully saturated rings. The lowest BCUT2D eigenvalue weighted by atomic mass is 10.0. The van der Waals surface area contributed by atoms with Crippen molar-refractivity contribution in [3.8, 4) is 0 Å². The summed E-state index contributed by atoms with van der Waals surface area (Å²) >= 11 is 0. The highest BCUT2D eigenvalue weighted by Crippen LogP contribution is 2.38. The second-order valence-corrected chi connectivity index (χ2v) is 4.58. The number of nitro benzene ring substituents is 1. The largest absolute Gasteiger partial charge is 0.408 e. The predicted octanol–water partition coefficient (Wildman–Crippen LogP) is 2.10. The molecular formula is C12H14F3N3O2. The van der Waals surface area contributed by atoms with Gasteiger partial charge in [-0.05, 0) is 5.56 Å². The maximum absolute atomic E-state index is 13.3. The smallest absolute Gasteiger partial charge is 0.314 e. The average Bonchev–Trinajstić information content (AvgIpc) is 2.39. The number of halogens is 3. The Morgan fingerprint density at radius 2 is 1.95 bits per heavy atom. The summed E-state index contributed by atoms with van der Waals surface area (Å²) in [6, 6.07) is 2.96. The quantitative estimate of drug-likeness (QED) is 0.684. The monoisotopic (exact) mass is 289 g/mol. The molecule has 1 aliphatic rings. The molecule has 1 atom stereocenters. The van der Waals surface area contributed by atoms with Crippen LogP contribution >= 0.6 is 0 Å². The number of rotatable bonds is 3. The van der Waals surface area contributed by atoms with Gasteiger partial charge in [-0.15, -0.1) is 0 Å². The van der Waals surface area contributed by atoms with Crippen LogP contribution in [0.2, 0.25) is 0 Å². The van der Waals surface area contributed by atoms with Crippen molar-refractivity contribution < 1.29 is 18.1 Å². The Labute approximate surface area is 113 Å². The third-order valence-electron chi connectivity index (χ3n) is 3.22. The molecule has 0 unspecified atom stereocenters. The topological polar surface area (TPSA) is 58.4 Å². The van der Waals surface area contributed by atoms with Crippen LogP contribution in [0.1, 0.15) is 11.6 Å². The Hall–Kier alpha value is -1.67. The lowest BCUT2D eigenvalue weighted by Gasteiger charge is -2.36. The van der Waals surface area contributed by atoms with Crippen molar-refractivity contribution in [1.82, 2.24) is 10.2 Å². The zero-order chi connectivity index (χ0) is 14.8. The van der Waals surface area contributed by atoms with Gasteiger partial charge in [0.1, 0.15) is 6.04 Å². The number of alkyl halides is 3. The minimum absolute atomic E-state index is 0.0893. The summed E-state index contributed by atoms with van der Waals surface area (Å²) in [7, 11) is 0. The lowest BCUT2D eigenvalue weighted by molar-refractivity contribution is -0.385. The number of nitro groups is 1. The first kappa shape index (κ1) is 14.7. The van der Waals surface area contributed by atoms with E-state index in [2.05, 4.69) is 5.32 Å². The van der Waals surface area contributed by atoms with Gasteiger partial charge < -0.3 is 5.32 Å².